The summed E-state index contributed by atoms with van der Waals surface area (Å²) in [7, 11) is -2.18. The lowest BCUT2D eigenvalue weighted by molar-refractivity contribution is -0.141. The monoisotopic (exact) mass is 410 g/mol. The summed E-state index contributed by atoms with van der Waals surface area (Å²) in [6, 6.07) is 2.38. The van der Waals surface area contributed by atoms with Crippen LogP contribution < -0.4 is 0 Å². The fourth-order valence-electron chi connectivity index (χ4n) is 2.90. The Morgan fingerprint density at radius 2 is 1.93 bits per heavy atom. The van der Waals surface area contributed by atoms with Gasteiger partial charge in [-0.25, -0.2) is 28.4 Å². The third kappa shape index (κ3) is 2.71. The molecule has 0 aliphatic heterocycles. The number of hydrogen-bond donors (Lipinski definition) is 0. The average molecular weight is 410 g/mol. The van der Waals surface area contributed by atoms with Crippen molar-refractivity contribution >= 4 is 26.6 Å². The van der Waals surface area contributed by atoms with Crippen molar-refractivity contribution in [1.82, 2.24) is 28.9 Å². The first-order valence-corrected chi connectivity index (χ1v) is 9.74. The largest absolute Gasteiger partial charge is 0.433 e. The number of aromatic nitrogens is 6. The fraction of sp³-hybridized carbons (Fsp3) is 0.250. The second-order valence-electron chi connectivity index (χ2n) is 6.01. The minimum absolute atomic E-state index is 0.0211. The van der Waals surface area contributed by atoms with Crippen molar-refractivity contribution in [2.75, 3.05) is 5.75 Å². The molecule has 12 heteroatoms. The van der Waals surface area contributed by atoms with Crippen LogP contribution >= 0.6 is 0 Å². The maximum atomic E-state index is 13.0. The van der Waals surface area contributed by atoms with E-state index in [0.717, 1.165) is 12.3 Å². The van der Waals surface area contributed by atoms with Gasteiger partial charge in [-0.05, 0) is 12.1 Å². The summed E-state index contributed by atoms with van der Waals surface area (Å²) in [5.41, 5.74) is -0.715. The lowest BCUT2D eigenvalue weighted by atomic mass is 10.3. The van der Waals surface area contributed by atoms with E-state index in [1.807, 2.05) is 0 Å². The minimum Gasteiger partial charge on any atom is -0.324 e. The van der Waals surface area contributed by atoms with E-state index in [2.05, 4.69) is 19.9 Å². The molecule has 0 saturated heterocycles. The van der Waals surface area contributed by atoms with Gasteiger partial charge in [0.15, 0.2) is 20.7 Å². The van der Waals surface area contributed by atoms with Gasteiger partial charge in [-0.15, -0.1) is 0 Å². The molecular formula is C16H13F3N6O2S. The first-order valence-electron chi connectivity index (χ1n) is 8.09. The molecule has 0 unspecified atom stereocenters. The quantitative estimate of drug-likeness (QED) is 0.515. The van der Waals surface area contributed by atoms with E-state index in [0.29, 0.717) is 5.52 Å². The number of rotatable bonds is 3. The van der Waals surface area contributed by atoms with E-state index in [4.69, 9.17) is 0 Å². The Balaban J connectivity index is 2.04. The molecule has 4 rings (SSSR count). The van der Waals surface area contributed by atoms with Crippen LogP contribution in [0.2, 0.25) is 0 Å². The predicted octanol–water partition coefficient (Wildman–Crippen LogP) is 2.49. The van der Waals surface area contributed by atoms with Crippen LogP contribution in [0.3, 0.4) is 0 Å². The predicted molar refractivity (Wildman–Crippen MR) is 93.2 cm³/mol. The summed E-state index contributed by atoms with van der Waals surface area (Å²) in [6.45, 7) is 1.49. The zero-order valence-corrected chi connectivity index (χ0v) is 15.5. The van der Waals surface area contributed by atoms with Crippen molar-refractivity contribution in [3.8, 4) is 11.5 Å². The van der Waals surface area contributed by atoms with Crippen LogP contribution in [0.4, 0.5) is 13.2 Å². The number of hydrogen-bond acceptors (Lipinski definition) is 6. The van der Waals surface area contributed by atoms with Crippen LogP contribution in [0.1, 0.15) is 12.6 Å². The highest BCUT2D eigenvalue weighted by Crippen LogP contribution is 2.32. The van der Waals surface area contributed by atoms with E-state index < -0.39 is 21.7 Å². The smallest absolute Gasteiger partial charge is 0.324 e. The molecule has 0 fully saturated rings. The normalized spacial score (nSPS) is 12.9. The summed E-state index contributed by atoms with van der Waals surface area (Å²) in [4.78, 5) is 16.0. The highest BCUT2D eigenvalue weighted by Gasteiger charge is 2.34. The first kappa shape index (κ1) is 18.3. The minimum atomic E-state index is -4.62. The number of pyridine rings is 1. The number of aryl methyl sites for hydroxylation is 1. The number of fused-ring (bicyclic) bond motifs is 2. The molecule has 146 valence electrons. The van der Waals surface area contributed by atoms with Gasteiger partial charge >= 0.3 is 6.18 Å². The molecule has 0 amide bonds. The number of sulfone groups is 1. The molecular weight excluding hydrogens is 397 g/mol. The van der Waals surface area contributed by atoms with E-state index in [1.165, 1.54) is 28.3 Å². The van der Waals surface area contributed by atoms with Crippen molar-refractivity contribution in [3.63, 3.8) is 0 Å². The first-order chi connectivity index (χ1) is 13.1. The van der Waals surface area contributed by atoms with E-state index in [9.17, 15) is 21.6 Å². The highest BCUT2D eigenvalue weighted by molar-refractivity contribution is 7.91. The topological polar surface area (TPSA) is 95.0 Å². The van der Waals surface area contributed by atoms with Gasteiger partial charge in [0.1, 0.15) is 11.4 Å². The molecule has 0 aliphatic rings. The maximum Gasteiger partial charge on any atom is 0.433 e. The van der Waals surface area contributed by atoms with E-state index >= 15 is 0 Å². The Hall–Kier alpha value is -3.02. The third-order valence-electron chi connectivity index (χ3n) is 4.30. The molecule has 0 spiro atoms. The van der Waals surface area contributed by atoms with Crippen LogP contribution in [0, 0.1) is 0 Å². The number of imidazole rings is 2. The molecule has 0 aliphatic carbocycles. The van der Waals surface area contributed by atoms with Crippen LogP contribution in [0.5, 0.6) is 0 Å². The molecule has 28 heavy (non-hydrogen) atoms. The lowest BCUT2D eigenvalue weighted by Gasteiger charge is -2.05. The molecule has 0 bridgehead atoms. The molecule has 4 aromatic heterocycles. The molecule has 8 nitrogen and oxygen atoms in total. The second kappa shape index (κ2) is 5.99. The molecule has 4 aromatic rings. The number of nitrogens with zero attached hydrogens (tertiary/aromatic N) is 6. The average Bonchev–Trinajstić information content (AvgIpc) is 3.19. The molecule has 0 radical (unpaired) electrons. The van der Waals surface area contributed by atoms with Gasteiger partial charge in [-0.2, -0.15) is 13.2 Å². The Morgan fingerprint density at radius 1 is 1.18 bits per heavy atom. The van der Waals surface area contributed by atoms with Crippen LogP contribution in [0.25, 0.3) is 28.3 Å². The van der Waals surface area contributed by atoms with Crippen LogP contribution in [-0.4, -0.2) is 43.1 Å². The second-order valence-corrected chi connectivity index (χ2v) is 8.20. The molecule has 0 saturated carbocycles. The van der Waals surface area contributed by atoms with Crippen molar-refractivity contribution < 1.29 is 21.6 Å². The summed E-state index contributed by atoms with van der Waals surface area (Å²) < 4.78 is 67.0. The highest BCUT2D eigenvalue weighted by atomic mass is 32.2. The van der Waals surface area contributed by atoms with Crippen LogP contribution in [-0.2, 0) is 23.1 Å². The molecule has 0 aromatic carbocycles. The van der Waals surface area contributed by atoms with Gasteiger partial charge in [0.25, 0.3) is 0 Å². The van der Waals surface area contributed by atoms with Gasteiger partial charge in [0, 0.05) is 19.4 Å². The Kier molecular flexibility index (Phi) is 3.93. The Bertz CT molecular complexity index is 1320. The van der Waals surface area contributed by atoms with Crippen molar-refractivity contribution in [1.29, 1.82) is 0 Å². The molecule has 0 atom stereocenters. The van der Waals surface area contributed by atoms with Crippen molar-refractivity contribution in [2.45, 2.75) is 18.1 Å². The third-order valence-corrected chi connectivity index (χ3v) is 6.04. The number of alkyl halides is 3. The zero-order chi connectivity index (χ0) is 20.3. The van der Waals surface area contributed by atoms with Gasteiger partial charge in [0.05, 0.1) is 23.0 Å². The standard InChI is InChI=1S/C16H13F3N6O2S/c1-3-28(26,27)14-12(23-15-20-5-4-6-25(14)15)13-22-9-7-11(16(17,18)19)21-8-10(9)24(13)2/h4-8H,3H2,1-2H3. The summed E-state index contributed by atoms with van der Waals surface area (Å²) in [6.07, 6.45) is -0.595. The van der Waals surface area contributed by atoms with E-state index in [1.54, 1.807) is 13.1 Å². The SMILES string of the molecule is CCS(=O)(=O)c1c(-c2nc3cc(C(F)(F)F)ncc3n2C)nc2ncccn12. The van der Waals surface area contributed by atoms with E-state index in [-0.39, 0.29) is 33.6 Å². The molecule has 0 N–H and O–H groups in total. The summed E-state index contributed by atoms with van der Waals surface area (Å²) >= 11 is 0. The van der Waals surface area contributed by atoms with Gasteiger partial charge in [0.2, 0.25) is 5.78 Å². The number of halogens is 3. The van der Waals surface area contributed by atoms with Gasteiger partial charge in [-0.1, -0.05) is 6.92 Å². The molecule has 4 heterocycles. The Labute approximate surface area is 156 Å². The Morgan fingerprint density at radius 3 is 2.61 bits per heavy atom. The van der Waals surface area contributed by atoms with Gasteiger partial charge in [-0.3, -0.25) is 4.40 Å². The fourth-order valence-corrected chi connectivity index (χ4v) is 4.05. The van der Waals surface area contributed by atoms with Gasteiger partial charge < -0.3 is 4.57 Å². The van der Waals surface area contributed by atoms with Crippen molar-refractivity contribution in [3.05, 3.63) is 36.4 Å². The van der Waals surface area contributed by atoms with Crippen LogP contribution in [0.15, 0.2) is 35.7 Å². The maximum absolute atomic E-state index is 13.0. The lowest BCUT2D eigenvalue weighted by Crippen LogP contribution is -2.09. The summed E-state index contributed by atoms with van der Waals surface area (Å²) in [5.74, 6) is 0.0613. The zero-order valence-electron chi connectivity index (χ0n) is 14.6. The summed E-state index contributed by atoms with van der Waals surface area (Å²) in [5, 5.41) is -0.111. The van der Waals surface area contributed by atoms with Crippen molar-refractivity contribution in [2.24, 2.45) is 7.05 Å².